The predicted octanol–water partition coefficient (Wildman–Crippen LogP) is 0.0755. The first-order valence-electron chi connectivity index (χ1n) is 5.13. The summed E-state index contributed by atoms with van der Waals surface area (Å²) in [6, 6.07) is 0.665. The molecule has 0 aliphatic heterocycles. The molecule has 1 saturated carbocycles. The Kier molecular flexibility index (Phi) is 2.84. The van der Waals surface area contributed by atoms with Crippen LogP contribution in [0.3, 0.4) is 0 Å². The van der Waals surface area contributed by atoms with Crippen molar-refractivity contribution in [2.45, 2.75) is 31.4 Å². The normalized spacial score (nSPS) is 18.4. The molecule has 1 aromatic heterocycles. The molecule has 78 valence electrons. The third-order valence-electron chi connectivity index (χ3n) is 2.45. The summed E-state index contributed by atoms with van der Waals surface area (Å²) in [5.41, 5.74) is 1.09. The van der Waals surface area contributed by atoms with Crippen molar-refractivity contribution >= 4 is 0 Å². The molecular formula is C10H17N3O. The summed E-state index contributed by atoms with van der Waals surface area (Å²) >= 11 is 0. The molecule has 2 N–H and O–H groups in total. The monoisotopic (exact) mass is 195 g/mol. The molecule has 0 aromatic carbocycles. The maximum Gasteiger partial charge on any atom is 0.0706 e. The number of nitrogens with zero attached hydrogens (tertiary/aromatic N) is 2. The average molecular weight is 195 g/mol. The van der Waals surface area contributed by atoms with Crippen molar-refractivity contribution in [3.05, 3.63) is 18.0 Å². The van der Waals surface area contributed by atoms with Gasteiger partial charge in [-0.25, -0.2) is 0 Å². The predicted molar refractivity (Wildman–Crippen MR) is 53.9 cm³/mol. The number of aryl methyl sites for hydroxylation is 1. The molecule has 1 aromatic rings. The summed E-state index contributed by atoms with van der Waals surface area (Å²) in [6.07, 6.45) is 6.67. The van der Waals surface area contributed by atoms with E-state index in [0.717, 1.165) is 5.56 Å². The van der Waals surface area contributed by atoms with E-state index in [4.69, 9.17) is 0 Å². The molecule has 4 heteroatoms. The van der Waals surface area contributed by atoms with E-state index in [-0.39, 0.29) is 6.10 Å². The molecule has 1 heterocycles. The third-order valence-corrected chi connectivity index (χ3v) is 2.45. The lowest BCUT2D eigenvalue weighted by molar-refractivity contribution is 0.171. The fraction of sp³-hybridized carbons (Fsp3) is 0.700. The van der Waals surface area contributed by atoms with Gasteiger partial charge >= 0.3 is 0 Å². The van der Waals surface area contributed by atoms with E-state index >= 15 is 0 Å². The second-order valence-electron chi connectivity index (χ2n) is 4.06. The van der Waals surface area contributed by atoms with Gasteiger partial charge in [0.1, 0.15) is 0 Å². The van der Waals surface area contributed by atoms with Crippen molar-refractivity contribution in [2.75, 3.05) is 6.54 Å². The average Bonchev–Trinajstić information content (AvgIpc) is 2.88. The lowest BCUT2D eigenvalue weighted by Crippen LogP contribution is -2.29. The largest absolute Gasteiger partial charge is 0.391 e. The van der Waals surface area contributed by atoms with Gasteiger partial charge in [-0.3, -0.25) is 4.68 Å². The fourth-order valence-electron chi connectivity index (χ4n) is 1.51. The molecule has 1 fully saturated rings. The minimum atomic E-state index is -0.292. The number of rotatable bonds is 5. The maximum absolute atomic E-state index is 9.69. The lowest BCUT2D eigenvalue weighted by atomic mass is 10.1. The molecule has 1 aliphatic carbocycles. The minimum Gasteiger partial charge on any atom is -0.391 e. The molecule has 0 spiro atoms. The quantitative estimate of drug-likeness (QED) is 0.699. The number of hydrogen-bond acceptors (Lipinski definition) is 3. The minimum absolute atomic E-state index is 0.292. The Morgan fingerprint density at radius 1 is 1.71 bits per heavy atom. The van der Waals surface area contributed by atoms with Crippen LogP contribution >= 0.6 is 0 Å². The lowest BCUT2D eigenvalue weighted by Gasteiger charge is -2.09. The van der Waals surface area contributed by atoms with Crippen LogP contribution in [0.1, 0.15) is 18.4 Å². The number of aliphatic hydroxyl groups excluding tert-OH is 1. The van der Waals surface area contributed by atoms with E-state index < -0.39 is 0 Å². The van der Waals surface area contributed by atoms with Crippen molar-refractivity contribution in [1.82, 2.24) is 15.1 Å². The van der Waals surface area contributed by atoms with Gasteiger partial charge in [-0.15, -0.1) is 0 Å². The van der Waals surface area contributed by atoms with E-state index in [9.17, 15) is 5.11 Å². The van der Waals surface area contributed by atoms with Gasteiger partial charge in [0.15, 0.2) is 0 Å². The molecule has 0 amide bonds. The van der Waals surface area contributed by atoms with Gasteiger partial charge in [-0.1, -0.05) is 0 Å². The first-order chi connectivity index (χ1) is 6.74. The number of nitrogens with one attached hydrogen (secondary N) is 1. The van der Waals surface area contributed by atoms with Crippen molar-refractivity contribution in [3.8, 4) is 0 Å². The zero-order valence-corrected chi connectivity index (χ0v) is 8.48. The fourth-order valence-corrected chi connectivity index (χ4v) is 1.51. The number of aromatic nitrogens is 2. The van der Waals surface area contributed by atoms with Crippen LogP contribution in [0.4, 0.5) is 0 Å². The summed E-state index contributed by atoms with van der Waals surface area (Å²) < 4.78 is 1.76. The molecule has 14 heavy (non-hydrogen) atoms. The van der Waals surface area contributed by atoms with Gasteiger partial charge in [0.25, 0.3) is 0 Å². The standard InChI is InChI=1S/C10H17N3O/c1-13-7-8(5-12-13)4-10(14)6-11-9-2-3-9/h5,7,9-11,14H,2-4,6H2,1H3. The Labute approximate surface area is 83.9 Å². The van der Waals surface area contributed by atoms with E-state index in [1.54, 1.807) is 10.9 Å². The van der Waals surface area contributed by atoms with Gasteiger partial charge in [-0.2, -0.15) is 5.10 Å². The van der Waals surface area contributed by atoms with Gasteiger partial charge in [0.2, 0.25) is 0 Å². The molecule has 4 nitrogen and oxygen atoms in total. The first kappa shape index (κ1) is 9.68. The summed E-state index contributed by atoms with van der Waals surface area (Å²) in [6.45, 7) is 0.694. The van der Waals surface area contributed by atoms with E-state index in [1.165, 1.54) is 12.8 Å². The maximum atomic E-state index is 9.69. The highest BCUT2D eigenvalue weighted by atomic mass is 16.3. The van der Waals surface area contributed by atoms with E-state index in [2.05, 4.69) is 10.4 Å². The van der Waals surface area contributed by atoms with Gasteiger partial charge in [0.05, 0.1) is 12.3 Å². The molecule has 0 saturated heterocycles. The molecule has 0 radical (unpaired) electrons. The first-order valence-corrected chi connectivity index (χ1v) is 5.13. The third kappa shape index (κ3) is 2.82. The van der Waals surface area contributed by atoms with E-state index in [0.29, 0.717) is 19.0 Å². The summed E-state index contributed by atoms with van der Waals surface area (Å²) in [4.78, 5) is 0. The van der Waals surface area contributed by atoms with Crippen LogP contribution in [-0.4, -0.2) is 33.6 Å². The van der Waals surface area contributed by atoms with Gasteiger partial charge in [0, 0.05) is 32.3 Å². The van der Waals surface area contributed by atoms with Gasteiger partial charge in [-0.05, 0) is 18.4 Å². The van der Waals surface area contributed by atoms with E-state index in [1.807, 2.05) is 13.2 Å². The highest BCUT2D eigenvalue weighted by molar-refractivity contribution is 5.05. The van der Waals surface area contributed by atoms with Crippen LogP contribution in [-0.2, 0) is 13.5 Å². The Balaban J connectivity index is 1.72. The van der Waals surface area contributed by atoms with Crippen molar-refractivity contribution in [3.63, 3.8) is 0 Å². The van der Waals surface area contributed by atoms with Crippen LogP contribution in [0.2, 0.25) is 0 Å². The Hall–Kier alpha value is -0.870. The smallest absolute Gasteiger partial charge is 0.0706 e. The van der Waals surface area contributed by atoms with Crippen LogP contribution in [0.15, 0.2) is 12.4 Å². The van der Waals surface area contributed by atoms with Crippen LogP contribution in [0.5, 0.6) is 0 Å². The zero-order chi connectivity index (χ0) is 9.97. The number of hydrogen-bond donors (Lipinski definition) is 2. The Morgan fingerprint density at radius 2 is 2.50 bits per heavy atom. The summed E-state index contributed by atoms with van der Waals surface area (Å²) in [5, 5.41) is 17.1. The zero-order valence-electron chi connectivity index (χ0n) is 8.48. The van der Waals surface area contributed by atoms with Crippen LogP contribution < -0.4 is 5.32 Å². The summed E-state index contributed by atoms with van der Waals surface area (Å²) in [5.74, 6) is 0. The SMILES string of the molecule is Cn1cc(CC(O)CNC2CC2)cn1. The highest BCUT2D eigenvalue weighted by Gasteiger charge is 2.21. The van der Waals surface area contributed by atoms with Crippen LogP contribution in [0, 0.1) is 0 Å². The molecule has 1 atom stereocenters. The van der Waals surface area contributed by atoms with Crippen molar-refractivity contribution in [2.24, 2.45) is 7.05 Å². The Bertz CT molecular complexity index is 293. The molecule has 1 aliphatic rings. The van der Waals surface area contributed by atoms with Crippen molar-refractivity contribution < 1.29 is 5.11 Å². The second-order valence-corrected chi connectivity index (χ2v) is 4.06. The number of aliphatic hydroxyl groups is 1. The van der Waals surface area contributed by atoms with Gasteiger partial charge < -0.3 is 10.4 Å². The summed E-state index contributed by atoms with van der Waals surface area (Å²) in [7, 11) is 1.89. The van der Waals surface area contributed by atoms with Crippen molar-refractivity contribution in [1.29, 1.82) is 0 Å². The molecular weight excluding hydrogens is 178 g/mol. The molecule has 1 unspecified atom stereocenters. The molecule has 0 bridgehead atoms. The molecule has 2 rings (SSSR count). The Morgan fingerprint density at radius 3 is 3.07 bits per heavy atom. The van der Waals surface area contributed by atoms with Crippen LogP contribution in [0.25, 0.3) is 0 Å². The second kappa shape index (κ2) is 4.11. The highest BCUT2D eigenvalue weighted by Crippen LogP contribution is 2.18. The topological polar surface area (TPSA) is 50.1 Å².